The molecule has 2 unspecified atom stereocenters. The van der Waals surface area contributed by atoms with Crippen molar-refractivity contribution in [2.75, 3.05) is 32.1 Å². The standard InChI is InChI=1S/C17H23ClN2O5/c1-11(16(21)22)9-20(2)17(23)19-14-8-12(18)5-6-15(14)25-10-13-4-3-7-24-13/h5-6,8,11,13H,3-4,7,9-10H2,1-2H3,(H,19,23)(H,21,22). The fourth-order valence-corrected chi connectivity index (χ4v) is 2.64. The molecule has 8 heteroatoms. The van der Waals surface area contributed by atoms with Crippen LogP contribution in [0.25, 0.3) is 0 Å². The number of aliphatic carboxylic acids is 1. The van der Waals surface area contributed by atoms with Gasteiger partial charge in [-0.05, 0) is 31.0 Å². The fraction of sp³-hybridized carbons (Fsp3) is 0.529. The van der Waals surface area contributed by atoms with Crippen LogP contribution in [0.15, 0.2) is 18.2 Å². The summed E-state index contributed by atoms with van der Waals surface area (Å²) in [6.07, 6.45) is 2.02. The molecule has 1 saturated heterocycles. The summed E-state index contributed by atoms with van der Waals surface area (Å²) >= 11 is 6.01. The van der Waals surface area contributed by atoms with Crippen LogP contribution < -0.4 is 10.1 Å². The number of ether oxygens (including phenoxy) is 2. The van der Waals surface area contributed by atoms with E-state index >= 15 is 0 Å². The highest BCUT2D eigenvalue weighted by Gasteiger charge is 2.20. The normalized spacial score (nSPS) is 17.8. The molecule has 25 heavy (non-hydrogen) atoms. The van der Waals surface area contributed by atoms with Crippen LogP contribution in [0.4, 0.5) is 10.5 Å². The lowest BCUT2D eigenvalue weighted by Gasteiger charge is -2.21. The molecule has 1 aromatic carbocycles. The quantitative estimate of drug-likeness (QED) is 0.770. The van der Waals surface area contributed by atoms with E-state index in [1.54, 1.807) is 25.1 Å². The summed E-state index contributed by atoms with van der Waals surface area (Å²) in [4.78, 5) is 24.5. The molecule has 1 aromatic rings. The number of carboxylic acids is 1. The first-order valence-electron chi connectivity index (χ1n) is 8.15. The zero-order valence-electron chi connectivity index (χ0n) is 14.3. The molecule has 0 radical (unpaired) electrons. The first kappa shape index (κ1) is 19.3. The van der Waals surface area contributed by atoms with Gasteiger partial charge in [0.2, 0.25) is 0 Å². The highest BCUT2D eigenvalue weighted by atomic mass is 35.5. The minimum absolute atomic E-state index is 0.0540. The van der Waals surface area contributed by atoms with Crippen molar-refractivity contribution in [2.45, 2.75) is 25.9 Å². The van der Waals surface area contributed by atoms with Crippen LogP contribution in [-0.2, 0) is 9.53 Å². The Labute approximate surface area is 151 Å². The summed E-state index contributed by atoms with van der Waals surface area (Å²) in [5.41, 5.74) is 0.435. The topological polar surface area (TPSA) is 88.1 Å². The number of halogens is 1. The van der Waals surface area contributed by atoms with Gasteiger partial charge in [0.05, 0.1) is 17.7 Å². The first-order valence-corrected chi connectivity index (χ1v) is 8.53. The maximum atomic E-state index is 12.3. The molecule has 0 bridgehead atoms. The van der Waals surface area contributed by atoms with Crippen LogP contribution >= 0.6 is 11.6 Å². The number of urea groups is 1. The molecule has 2 N–H and O–H groups in total. The lowest BCUT2D eigenvalue weighted by Crippen LogP contribution is -2.36. The molecule has 1 heterocycles. The van der Waals surface area contributed by atoms with Crippen LogP contribution in [0, 0.1) is 5.92 Å². The highest BCUT2D eigenvalue weighted by Crippen LogP contribution is 2.29. The van der Waals surface area contributed by atoms with Crippen molar-refractivity contribution in [1.82, 2.24) is 4.90 Å². The van der Waals surface area contributed by atoms with Crippen molar-refractivity contribution >= 4 is 29.3 Å². The third-order valence-corrected chi connectivity index (χ3v) is 4.18. The summed E-state index contributed by atoms with van der Waals surface area (Å²) in [7, 11) is 1.53. The third-order valence-electron chi connectivity index (χ3n) is 3.95. The maximum absolute atomic E-state index is 12.3. The Morgan fingerprint density at radius 3 is 2.92 bits per heavy atom. The monoisotopic (exact) mass is 370 g/mol. The molecule has 2 rings (SSSR count). The Hall–Kier alpha value is -1.99. The van der Waals surface area contributed by atoms with Crippen LogP contribution in [0.3, 0.4) is 0 Å². The van der Waals surface area contributed by atoms with Crippen molar-refractivity contribution in [3.05, 3.63) is 23.2 Å². The number of carbonyl (C=O) groups excluding carboxylic acids is 1. The molecule has 1 aliphatic rings. The maximum Gasteiger partial charge on any atom is 0.321 e. The number of hydrogen-bond acceptors (Lipinski definition) is 4. The highest BCUT2D eigenvalue weighted by molar-refractivity contribution is 6.31. The van der Waals surface area contributed by atoms with Crippen molar-refractivity contribution in [1.29, 1.82) is 0 Å². The van der Waals surface area contributed by atoms with E-state index in [0.717, 1.165) is 19.4 Å². The van der Waals surface area contributed by atoms with Gasteiger partial charge in [0.25, 0.3) is 0 Å². The molecule has 1 fully saturated rings. The summed E-state index contributed by atoms with van der Waals surface area (Å²) in [6, 6.07) is 4.53. The molecular weight excluding hydrogens is 348 g/mol. The molecule has 7 nitrogen and oxygen atoms in total. The van der Waals surface area contributed by atoms with E-state index in [4.69, 9.17) is 26.2 Å². The third kappa shape index (κ3) is 5.79. The van der Waals surface area contributed by atoms with Gasteiger partial charge in [-0.3, -0.25) is 4.79 Å². The van der Waals surface area contributed by atoms with E-state index in [1.807, 2.05) is 0 Å². The number of carbonyl (C=O) groups is 2. The second kappa shape index (κ2) is 8.92. The summed E-state index contributed by atoms with van der Waals surface area (Å²) in [5.74, 6) is -1.12. The van der Waals surface area contributed by atoms with E-state index in [-0.39, 0.29) is 12.6 Å². The van der Waals surface area contributed by atoms with E-state index in [9.17, 15) is 9.59 Å². The molecule has 0 aromatic heterocycles. The zero-order chi connectivity index (χ0) is 18.4. The van der Waals surface area contributed by atoms with Gasteiger partial charge in [-0.15, -0.1) is 0 Å². The smallest absolute Gasteiger partial charge is 0.321 e. The molecule has 0 saturated carbocycles. The number of carboxylic acid groups (broad SMARTS) is 1. The van der Waals surface area contributed by atoms with E-state index in [0.29, 0.717) is 23.1 Å². The van der Waals surface area contributed by atoms with Crippen molar-refractivity contribution in [3.8, 4) is 5.75 Å². The Balaban J connectivity index is 2.00. The predicted octanol–water partition coefficient (Wildman–Crippen LogP) is 3.08. The minimum Gasteiger partial charge on any atom is -0.489 e. The lowest BCUT2D eigenvalue weighted by molar-refractivity contribution is -0.141. The molecule has 1 aliphatic heterocycles. The Kier molecular flexibility index (Phi) is 6.90. The van der Waals surface area contributed by atoms with Gasteiger partial charge in [0, 0.05) is 25.2 Å². The van der Waals surface area contributed by atoms with Gasteiger partial charge in [-0.25, -0.2) is 4.79 Å². The molecule has 2 amide bonds. The van der Waals surface area contributed by atoms with Gasteiger partial charge in [0.15, 0.2) is 0 Å². The lowest BCUT2D eigenvalue weighted by atomic mass is 10.2. The summed E-state index contributed by atoms with van der Waals surface area (Å²) in [5, 5.41) is 12.1. The van der Waals surface area contributed by atoms with Crippen molar-refractivity contribution < 1.29 is 24.2 Å². The van der Waals surface area contributed by atoms with Gasteiger partial charge >= 0.3 is 12.0 Å². The van der Waals surface area contributed by atoms with E-state index in [2.05, 4.69) is 5.32 Å². The molecular formula is C17H23ClN2O5. The van der Waals surface area contributed by atoms with Crippen LogP contribution in [0.5, 0.6) is 5.75 Å². The molecule has 138 valence electrons. The fourth-order valence-electron chi connectivity index (χ4n) is 2.47. The average molecular weight is 371 g/mol. The Morgan fingerprint density at radius 1 is 1.52 bits per heavy atom. The Bertz CT molecular complexity index is 619. The second-order valence-electron chi connectivity index (χ2n) is 6.14. The summed E-state index contributed by atoms with van der Waals surface area (Å²) in [6.45, 7) is 2.77. The van der Waals surface area contributed by atoms with Crippen molar-refractivity contribution in [2.24, 2.45) is 5.92 Å². The van der Waals surface area contributed by atoms with E-state index in [1.165, 1.54) is 11.9 Å². The first-order chi connectivity index (χ1) is 11.9. The van der Waals surface area contributed by atoms with Gasteiger partial charge in [-0.1, -0.05) is 18.5 Å². The molecule has 0 aliphatic carbocycles. The van der Waals surface area contributed by atoms with Gasteiger partial charge in [0.1, 0.15) is 12.4 Å². The largest absolute Gasteiger partial charge is 0.489 e. The number of nitrogens with one attached hydrogen (secondary N) is 1. The van der Waals surface area contributed by atoms with Crippen LogP contribution in [0.2, 0.25) is 5.02 Å². The minimum atomic E-state index is -0.956. The zero-order valence-corrected chi connectivity index (χ0v) is 15.1. The number of amides is 2. The van der Waals surface area contributed by atoms with E-state index < -0.39 is 17.9 Å². The van der Waals surface area contributed by atoms with Crippen LogP contribution in [-0.4, -0.2) is 54.9 Å². The number of rotatable bonds is 7. The second-order valence-corrected chi connectivity index (χ2v) is 6.57. The number of benzene rings is 1. The number of hydrogen-bond donors (Lipinski definition) is 2. The van der Waals surface area contributed by atoms with Gasteiger partial charge in [-0.2, -0.15) is 0 Å². The number of anilines is 1. The number of nitrogens with zero attached hydrogens (tertiary/aromatic N) is 1. The summed E-state index contributed by atoms with van der Waals surface area (Å²) < 4.78 is 11.3. The Morgan fingerprint density at radius 2 is 2.28 bits per heavy atom. The van der Waals surface area contributed by atoms with Gasteiger partial charge < -0.3 is 24.8 Å². The predicted molar refractivity (Wildman–Crippen MR) is 94.4 cm³/mol. The van der Waals surface area contributed by atoms with Crippen molar-refractivity contribution in [3.63, 3.8) is 0 Å². The molecule has 0 spiro atoms. The average Bonchev–Trinajstić information content (AvgIpc) is 3.07. The van der Waals surface area contributed by atoms with Crippen LogP contribution in [0.1, 0.15) is 19.8 Å². The molecule has 2 atom stereocenters. The SMILES string of the molecule is CC(CN(C)C(=O)Nc1cc(Cl)ccc1OCC1CCCO1)C(=O)O.